The number of benzene rings is 2. The van der Waals surface area contributed by atoms with E-state index in [0.717, 1.165) is 11.6 Å². The van der Waals surface area contributed by atoms with Crippen molar-refractivity contribution in [2.45, 2.75) is 6.54 Å². The Hall–Kier alpha value is -2.60. The first-order valence-corrected chi connectivity index (χ1v) is 8.41. The Labute approximate surface area is 150 Å². The van der Waals surface area contributed by atoms with Gasteiger partial charge in [-0.3, -0.25) is 9.69 Å². The maximum absolute atomic E-state index is 13.7. The zero-order chi connectivity index (χ0) is 18.5. The Balaban J connectivity index is 1.52. The fourth-order valence-electron chi connectivity index (χ4n) is 2.88. The SMILES string of the molecule is O=C(/C=C/c1ccc(F)cc1)N1CCN(Cc2cccc(F)c2F)CC1. The molecule has 1 amide bonds. The second-order valence-electron chi connectivity index (χ2n) is 6.20. The molecule has 0 N–H and O–H groups in total. The highest BCUT2D eigenvalue weighted by atomic mass is 19.2. The molecule has 6 heteroatoms. The second-order valence-corrected chi connectivity index (χ2v) is 6.20. The monoisotopic (exact) mass is 360 g/mol. The van der Waals surface area contributed by atoms with Crippen LogP contribution in [-0.4, -0.2) is 41.9 Å². The quantitative estimate of drug-likeness (QED) is 0.780. The van der Waals surface area contributed by atoms with Crippen LogP contribution in [0, 0.1) is 17.5 Å². The third-order valence-electron chi connectivity index (χ3n) is 4.40. The molecule has 3 rings (SSSR count). The molecule has 0 aromatic heterocycles. The first-order valence-electron chi connectivity index (χ1n) is 8.41. The molecule has 0 radical (unpaired) electrons. The zero-order valence-corrected chi connectivity index (χ0v) is 14.2. The Morgan fingerprint density at radius 3 is 2.35 bits per heavy atom. The number of amides is 1. The number of piperazine rings is 1. The largest absolute Gasteiger partial charge is 0.337 e. The van der Waals surface area contributed by atoms with Gasteiger partial charge in [0.1, 0.15) is 5.82 Å². The van der Waals surface area contributed by atoms with Gasteiger partial charge >= 0.3 is 0 Å². The normalized spacial score (nSPS) is 15.6. The summed E-state index contributed by atoms with van der Waals surface area (Å²) in [5.41, 5.74) is 1.07. The molecule has 2 aromatic rings. The van der Waals surface area contributed by atoms with Crippen LogP contribution in [0.3, 0.4) is 0 Å². The van der Waals surface area contributed by atoms with Crippen molar-refractivity contribution in [3.63, 3.8) is 0 Å². The molecular formula is C20H19F3N2O. The summed E-state index contributed by atoms with van der Waals surface area (Å²) in [6.45, 7) is 2.53. The van der Waals surface area contributed by atoms with Gasteiger partial charge in [-0.2, -0.15) is 0 Å². The van der Waals surface area contributed by atoms with Crippen LogP contribution < -0.4 is 0 Å². The molecule has 26 heavy (non-hydrogen) atoms. The van der Waals surface area contributed by atoms with Crippen LogP contribution in [-0.2, 0) is 11.3 Å². The van der Waals surface area contributed by atoms with E-state index in [1.807, 2.05) is 4.90 Å². The van der Waals surface area contributed by atoms with E-state index in [1.165, 1.54) is 24.3 Å². The number of hydrogen-bond donors (Lipinski definition) is 0. The summed E-state index contributed by atoms with van der Waals surface area (Å²) in [4.78, 5) is 15.9. The van der Waals surface area contributed by atoms with Gasteiger partial charge in [0.2, 0.25) is 5.91 Å². The summed E-state index contributed by atoms with van der Waals surface area (Å²) >= 11 is 0. The highest BCUT2D eigenvalue weighted by Crippen LogP contribution is 2.15. The summed E-state index contributed by atoms with van der Waals surface area (Å²) in [6, 6.07) is 10.1. The molecule has 1 heterocycles. The zero-order valence-electron chi connectivity index (χ0n) is 14.2. The minimum atomic E-state index is -0.845. The van der Waals surface area contributed by atoms with Gasteiger partial charge in [-0.05, 0) is 29.8 Å². The van der Waals surface area contributed by atoms with E-state index in [0.29, 0.717) is 38.3 Å². The molecule has 0 atom stereocenters. The summed E-state index contributed by atoms with van der Waals surface area (Å²) in [7, 11) is 0. The van der Waals surface area contributed by atoms with Crippen LogP contribution in [0.2, 0.25) is 0 Å². The lowest BCUT2D eigenvalue weighted by Gasteiger charge is -2.34. The lowest BCUT2D eigenvalue weighted by atomic mass is 10.1. The van der Waals surface area contributed by atoms with Crippen molar-refractivity contribution in [3.8, 4) is 0 Å². The van der Waals surface area contributed by atoms with Crippen LogP contribution in [0.5, 0.6) is 0 Å². The Kier molecular flexibility index (Phi) is 5.73. The van der Waals surface area contributed by atoms with Crippen molar-refractivity contribution in [1.29, 1.82) is 0 Å². The number of hydrogen-bond acceptors (Lipinski definition) is 2. The van der Waals surface area contributed by atoms with Gasteiger partial charge in [0.05, 0.1) is 0 Å². The fourth-order valence-corrected chi connectivity index (χ4v) is 2.88. The molecular weight excluding hydrogens is 341 g/mol. The lowest BCUT2D eigenvalue weighted by molar-refractivity contribution is -0.127. The highest BCUT2D eigenvalue weighted by Gasteiger charge is 2.21. The predicted molar refractivity (Wildman–Crippen MR) is 93.6 cm³/mol. The first-order chi connectivity index (χ1) is 12.5. The van der Waals surface area contributed by atoms with Crippen molar-refractivity contribution in [3.05, 3.63) is 77.1 Å². The van der Waals surface area contributed by atoms with Gasteiger partial charge in [-0.25, -0.2) is 13.2 Å². The summed E-state index contributed by atoms with van der Waals surface area (Å²) < 4.78 is 39.9. The highest BCUT2D eigenvalue weighted by molar-refractivity contribution is 5.91. The van der Waals surface area contributed by atoms with Crippen LogP contribution in [0.15, 0.2) is 48.5 Å². The predicted octanol–water partition coefficient (Wildman–Crippen LogP) is 3.46. The van der Waals surface area contributed by atoms with E-state index in [4.69, 9.17) is 0 Å². The molecule has 3 nitrogen and oxygen atoms in total. The third kappa shape index (κ3) is 4.52. The average Bonchev–Trinajstić information content (AvgIpc) is 2.65. The van der Waals surface area contributed by atoms with Crippen LogP contribution >= 0.6 is 0 Å². The summed E-state index contributed by atoms with van der Waals surface area (Å²) in [6.07, 6.45) is 3.12. The Morgan fingerprint density at radius 2 is 1.65 bits per heavy atom. The minimum absolute atomic E-state index is 0.120. The standard InChI is InChI=1S/C20H19F3N2O/c21-17-7-4-15(5-8-17)6-9-19(26)25-12-10-24(11-13-25)14-16-2-1-3-18(22)20(16)23/h1-9H,10-14H2/b9-6+. The van der Waals surface area contributed by atoms with E-state index in [2.05, 4.69) is 0 Å². The summed E-state index contributed by atoms with van der Waals surface area (Å²) in [5.74, 6) is -2.10. The molecule has 1 saturated heterocycles. The number of carbonyl (C=O) groups is 1. The second kappa shape index (κ2) is 8.19. The Morgan fingerprint density at radius 1 is 0.962 bits per heavy atom. The van der Waals surface area contributed by atoms with Crippen LogP contribution in [0.1, 0.15) is 11.1 Å². The van der Waals surface area contributed by atoms with E-state index in [-0.39, 0.29) is 11.7 Å². The maximum atomic E-state index is 13.7. The van der Waals surface area contributed by atoms with Gasteiger partial charge in [-0.1, -0.05) is 24.3 Å². The van der Waals surface area contributed by atoms with Crippen molar-refractivity contribution >= 4 is 12.0 Å². The maximum Gasteiger partial charge on any atom is 0.246 e. The van der Waals surface area contributed by atoms with Crippen molar-refractivity contribution in [2.24, 2.45) is 0 Å². The minimum Gasteiger partial charge on any atom is -0.337 e. The molecule has 0 aliphatic carbocycles. The average molecular weight is 360 g/mol. The van der Waals surface area contributed by atoms with Gasteiger partial charge in [0, 0.05) is 44.4 Å². The first kappa shape index (κ1) is 18.2. The molecule has 1 aliphatic heterocycles. The lowest BCUT2D eigenvalue weighted by Crippen LogP contribution is -2.47. The topological polar surface area (TPSA) is 23.6 Å². The van der Waals surface area contributed by atoms with Gasteiger partial charge < -0.3 is 4.90 Å². The van der Waals surface area contributed by atoms with Crippen molar-refractivity contribution in [2.75, 3.05) is 26.2 Å². The molecule has 0 unspecified atom stereocenters. The van der Waals surface area contributed by atoms with Crippen LogP contribution in [0.4, 0.5) is 13.2 Å². The van der Waals surface area contributed by atoms with E-state index in [9.17, 15) is 18.0 Å². The van der Waals surface area contributed by atoms with Gasteiger partial charge in [0.25, 0.3) is 0 Å². The number of halogens is 3. The smallest absolute Gasteiger partial charge is 0.246 e. The molecule has 136 valence electrons. The molecule has 2 aromatic carbocycles. The van der Waals surface area contributed by atoms with Crippen molar-refractivity contribution in [1.82, 2.24) is 9.80 Å². The van der Waals surface area contributed by atoms with Gasteiger partial charge in [-0.15, -0.1) is 0 Å². The van der Waals surface area contributed by atoms with Gasteiger partial charge in [0.15, 0.2) is 11.6 Å². The number of rotatable bonds is 4. The molecule has 0 bridgehead atoms. The molecule has 0 spiro atoms. The van der Waals surface area contributed by atoms with E-state index < -0.39 is 11.6 Å². The number of carbonyl (C=O) groups excluding carboxylic acids is 1. The van der Waals surface area contributed by atoms with E-state index >= 15 is 0 Å². The molecule has 0 saturated carbocycles. The Bertz CT molecular complexity index is 797. The molecule has 1 aliphatic rings. The summed E-state index contributed by atoms with van der Waals surface area (Å²) in [5, 5.41) is 0. The molecule has 1 fully saturated rings. The van der Waals surface area contributed by atoms with Crippen molar-refractivity contribution < 1.29 is 18.0 Å². The van der Waals surface area contributed by atoms with E-state index in [1.54, 1.807) is 29.2 Å². The van der Waals surface area contributed by atoms with Crippen LogP contribution in [0.25, 0.3) is 6.08 Å². The fraction of sp³-hybridized carbons (Fsp3) is 0.250. The third-order valence-corrected chi connectivity index (χ3v) is 4.40. The number of nitrogens with zero attached hydrogens (tertiary/aromatic N) is 2.